The topological polar surface area (TPSA) is 0 Å². The van der Waals surface area contributed by atoms with Crippen LogP contribution in [-0.4, -0.2) is 0 Å². The Labute approximate surface area is 252 Å². The molecule has 0 radical (unpaired) electrons. The molecule has 0 saturated carbocycles. The lowest BCUT2D eigenvalue weighted by atomic mass is 9.92. The van der Waals surface area contributed by atoms with Gasteiger partial charge in [0.1, 0.15) is 0 Å². The molecule has 0 unspecified atom stereocenters. The fourth-order valence-electron chi connectivity index (χ4n) is 4.56. The molecular weight excluding hydrogens is 492 g/mol. The molecule has 5 rings (SSSR count). The van der Waals surface area contributed by atoms with Gasteiger partial charge in [-0.05, 0) is 95.8 Å². The van der Waals surface area contributed by atoms with E-state index in [1.807, 2.05) is 41.5 Å². The lowest BCUT2D eigenvalue weighted by Crippen LogP contribution is -1.89. The van der Waals surface area contributed by atoms with Crippen LogP contribution in [0.5, 0.6) is 0 Å². The van der Waals surface area contributed by atoms with Crippen molar-refractivity contribution in [2.75, 3.05) is 0 Å². The smallest absolute Gasteiger partial charge is 0.0152 e. The monoisotopic (exact) mass is 544 g/mol. The predicted octanol–water partition coefficient (Wildman–Crippen LogP) is 13.0. The fourth-order valence-corrected chi connectivity index (χ4v) is 4.56. The van der Waals surface area contributed by atoms with E-state index in [0.717, 1.165) is 0 Å². The van der Waals surface area contributed by atoms with Crippen molar-refractivity contribution in [3.05, 3.63) is 143 Å². The van der Waals surface area contributed by atoms with E-state index in [9.17, 15) is 0 Å². The molecule has 0 saturated heterocycles. The molecule has 0 aliphatic heterocycles. The van der Waals surface area contributed by atoms with Crippen molar-refractivity contribution >= 4 is 0 Å². The van der Waals surface area contributed by atoms with Crippen molar-refractivity contribution in [2.24, 2.45) is 0 Å². The van der Waals surface area contributed by atoms with Crippen LogP contribution < -0.4 is 0 Å². The number of benzene rings is 5. The molecule has 0 heteroatoms. The summed E-state index contributed by atoms with van der Waals surface area (Å²) in [4.78, 5) is 0. The lowest BCUT2D eigenvalue weighted by molar-refractivity contribution is 1.30. The van der Waals surface area contributed by atoms with E-state index in [0.29, 0.717) is 0 Å². The molecule has 0 nitrogen and oxygen atoms in total. The summed E-state index contributed by atoms with van der Waals surface area (Å²) in [6.45, 7) is 22.9. The molecule has 5 aromatic rings. The van der Waals surface area contributed by atoms with Gasteiger partial charge in [0, 0.05) is 0 Å². The van der Waals surface area contributed by atoms with Crippen molar-refractivity contribution < 1.29 is 0 Å². The second kappa shape index (κ2) is 19.2. The third-order valence-electron chi connectivity index (χ3n) is 6.67. The molecule has 0 aliphatic carbocycles. The molecular formula is C41H52. The fraction of sp³-hybridized carbons (Fsp3) is 0.268. The van der Waals surface area contributed by atoms with Crippen molar-refractivity contribution in [1.29, 1.82) is 0 Å². The van der Waals surface area contributed by atoms with Gasteiger partial charge in [-0.1, -0.05) is 157 Å². The minimum Gasteiger partial charge on any atom is -0.0683 e. The van der Waals surface area contributed by atoms with Crippen molar-refractivity contribution in [3.63, 3.8) is 0 Å². The Hall–Kier alpha value is -3.90. The summed E-state index contributed by atoms with van der Waals surface area (Å²) in [5.74, 6) is 0. The normalized spacial score (nSPS) is 9.34. The Kier molecular flexibility index (Phi) is 16.5. The Morgan fingerprint density at radius 1 is 0.268 bits per heavy atom. The molecule has 5 aromatic carbocycles. The van der Waals surface area contributed by atoms with Crippen LogP contribution in [0.4, 0.5) is 0 Å². The van der Waals surface area contributed by atoms with E-state index in [4.69, 9.17) is 0 Å². The van der Waals surface area contributed by atoms with Gasteiger partial charge in [-0.25, -0.2) is 0 Å². The highest BCUT2D eigenvalue weighted by Gasteiger charge is 2.08. The molecule has 0 aliphatic rings. The van der Waals surface area contributed by atoms with Gasteiger partial charge in [0.15, 0.2) is 0 Å². The highest BCUT2D eigenvalue weighted by molar-refractivity contribution is 5.76. The molecule has 41 heavy (non-hydrogen) atoms. The second-order valence-electron chi connectivity index (χ2n) is 9.33. The summed E-state index contributed by atoms with van der Waals surface area (Å²) in [5.41, 5.74) is 14.6. The Morgan fingerprint density at radius 3 is 0.780 bits per heavy atom. The SMILES string of the molecule is CC.CC.CC.Cc1cc(-c2ccccc2)c(C)cc1-c1ccccc1.Cc1cc(C)c(-c2ccccc2)cc1C. The van der Waals surface area contributed by atoms with Crippen LogP contribution >= 0.6 is 0 Å². The zero-order chi connectivity index (χ0) is 30.8. The van der Waals surface area contributed by atoms with Gasteiger partial charge in [0.2, 0.25) is 0 Å². The van der Waals surface area contributed by atoms with Gasteiger partial charge < -0.3 is 0 Å². The largest absolute Gasteiger partial charge is 0.0683 e. The van der Waals surface area contributed by atoms with Crippen molar-refractivity contribution in [2.45, 2.75) is 76.2 Å². The van der Waals surface area contributed by atoms with Crippen molar-refractivity contribution in [1.82, 2.24) is 0 Å². The molecule has 0 heterocycles. The van der Waals surface area contributed by atoms with E-state index in [1.54, 1.807) is 0 Å². The molecule has 0 spiro atoms. The van der Waals surface area contributed by atoms with Crippen LogP contribution in [0.15, 0.2) is 115 Å². The number of hydrogen-bond donors (Lipinski definition) is 0. The number of aryl methyl sites for hydroxylation is 5. The third-order valence-corrected chi connectivity index (χ3v) is 6.67. The van der Waals surface area contributed by atoms with Crippen LogP contribution in [0.3, 0.4) is 0 Å². The lowest BCUT2D eigenvalue weighted by Gasteiger charge is -2.13. The van der Waals surface area contributed by atoms with E-state index in [1.165, 1.54) is 61.2 Å². The van der Waals surface area contributed by atoms with Crippen LogP contribution in [0, 0.1) is 34.6 Å². The summed E-state index contributed by atoms with van der Waals surface area (Å²) >= 11 is 0. The minimum absolute atomic E-state index is 1.28. The zero-order valence-corrected chi connectivity index (χ0v) is 27.5. The summed E-state index contributed by atoms with van der Waals surface area (Å²) in [7, 11) is 0. The van der Waals surface area contributed by atoms with Gasteiger partial charge in [-0.2, -0.15) is 0 Å². The Balaban J connectivity index is 0.000000357. The van der Waals surface area contributed by atoms with Crippen LogP contribution in [0.1, 0.15) is 69.4 Å². The van der Waals surface area contributed by atoms with E-state index in [2.05, 4.69) is 150 Å². The van der Waals surface area contributed by atoms with Gasteiger partial charge in [-0.15, -0.1) is 0 Å². The summed E-state index contributed by atoms with van der Waals surface area (Å²) < 4.78 is 0. The maximum absolute atomic E-state index is 2.30. The standard InChI is InChI=1S/C20H18.C15H16.3C2H6/c1-15-13-20(18-11-7-4-8-12-18)16(2)14-19(15)17-9-5-3-6-10-17;1-11-9-13(3)15(10-12(11)2)14-7-5-4-6-8-14;3*1-2/h3-14H,1-2H3;4-10H,1-3H3;3*1-2H3. The minimum atomic E-state index is 1.28. The first-order valence-electron chi connectivity index (χ1n) is 15.3. The summed E-state index contributed by atoms with van der Waals surface area (Å²) in [6, 6.07) is 40.9. The van der Waals surface area contributed by atoms with Gasteiger partial charge in [-0.3, -0.25) is 0 Å². The Morgan fingerprint density at radius 2 is 0.488 bits per heavy atom. The van der Waals surface area contributed by atoms with Crippen molar-refractivity contribution in [3.8, 4) is 33.4 Å². The molecule has 0 bridgehead atoms. The van der Waals surface area contributed by atoms with E-state index < -0.39 is 0 Å². The molecule has 0 aromatic heterocycles. The molecule has 0 amide bonds. The first-order chi connectivity index (χ1) is 19.9. The van der Waals surface area contributed by atoms with Crippen LogP contribution in [0.25, 0.3) is 33.4 Å². The maximum Gasteiger partial charge on any atom is -0.0152 e. The highest BCUT2D eigenvalue weighted by atomic mass is 14.1. The molecule has 0 N–H and O–H groups in total. The number of rotatable bonds is 3. The molecule has 0 atom stereocenters. The molecule has 216 valence electrons. The van der Waals surface area contributed by atoms with Gasteiger partial charge in [0.25, 0.3) is 0 Å². The summed E-state index contributed by atoms with van der Waals surface area (Å²) in [6.07, 6.45) is 0. The van der Waals surface area contributed by atoms with Gasteiger partial charge >= 0.3 is 0 Å². The average molecular weight is 545 g/mol. The highest BCUT2D eigenvalue weighted by Crippen LogP contribution is 2.31. The van der Waals surface area contributed by atoms with E-state index in [-0.39, 0.29) is 0 Å². The summed E-state index contributed by atoms with van der Waals surface area (Å²) in [5, 5.41) is 0. The maximum atomic E-state index is 2.30. The zero-order valence-electron chi connectivity index (χ0n) is 27.5. The Bertz CT molecular complexity index is 1330. The molecule has 0 fully saturated rings. The second-order valence-corrected chi connectivity index (χ2v) is 9.33. The third kappa shape index (κ3) is 10.2. The van der Waals surface area contributed by atoms with Crippen LogP contribution in [0.2, 0.25) is 0 Å². The predicted molar refractivity (Wildman–Crippen MR) is 187 cm³/mol. The number of hydrogen-bond acceptors (Lipinski definition) is 0. The first-order valence-corrected chi connectivity index (χ1v) is 15.3. The van der Waals surface area contributed by atoms with Crippen LogP contribution in [-0.2, 0) is 0 Å². The van der Waals surface area contributed by atoms with Gasteiger partial charge in [0.05, 0.1) is 0 Å². The first kappa shape index (κ1) is 35.1. The van der Waals surface area contributed by atoms with E-state index >= 15 is 0 Å². The quantitative estimate of drug-likeness (QED) is 0.212. The average Bonchev–Trinajstić information content (AvgIpc) is 3.04.